The summed E-state index contributed by atoms with van der Waals surface area (Å²) >= 11 is 0. The summed E-state index contributed by atoms with van der Waals surface area (Å²) in [5.41, 5.74) is 1.41. The third-order valence-electron chi connectivity index (χ3n) is 5.11. The smallest absolute Gasteiger partial charge is 0.191 e. The molecule has 0 unspecified atom stereocenters. The number of benzene rings is 1. The van der Waals surface area contributed by atoms with Crippen LogP contribution in [0.4, 0.5) is 0 Å². The first-order chi connectivity index (χ1) is 11.7. The molecule has 0 aliphatic carbocycles. The molecule has 142 valence electrons. The standard InChI is InChI=1S/C20H34N4.HI/c1-4-17(5-2)15-22-20(21-3)23-19-11-13-24(14-12-19)16-18-9-7-6-8-10-18;/h6-10,17,19H,4-5,11-16H2,1-3H3,(H2,21,22,23);1H. The van der Waals surface area contributed by atoms with Gasteiger partial charge in [-0.15, -0.1) is 24.0 Å². The van der Waals surface area contributed by atoms with Crippen molar-refractivity contribution in [2.75, 3.05) is 26.7 Å². The van der Waals surface area contributed by atoms with E-state index < -0.39 is 0 Å². The second kappa shape index (κ2) is 12.5. The molecule has 1 saturated heterocycles. The minimum absolute atomic E-state index is 0. The monoisotopic (exact) mass is 458 g/mol. The summed E-state index contributed by atoms with van der Waals surface area (Å²) in [6.45, 7) is 8.89. The summed E-state index contributed by atoms with van der Waals surface area (Å²) in [4.78, 5) is 6.94. The van der Waals surface area contributed by atoms with Gasteiger partial charge in [-0.25, -0.2) is 0 Å². The summed E-state index contributed by atoms with van der Waals surface area (Å²) in [7, 11) is 1.87. The number of guanidine groups is 1. The van der Waals surface area contributed by atoms with Crippen LogP contribution in [0.25, 0.3) is 0 Å². The maximum Gasteiger partial charge on any atom is 0.191 e. The lowest BCUT2D eigenvalue weighted by molar-refractivity contribution is 0.198. The molecule has 1 fully saturated rings. The number of nitrogens with zero attached hydrogens (tertiary/aromatic N) is 2. The zero-order valence-corrected chi connectivity index (χ0v) is 18.3. The molecule has 1 aromatic carbocycles. The van der Waals surface area contributed by atoms with Crippen LogP contribution in [0.3, 0.4) is 0 Å². The van der Waals surface area contributed by atoms with Crippen LogP contribution in [0.2, 0.25) is 0 Å². The first-order valence-electron chi connectivity index (χ1n) is 9.48. The summed E-state index contributed by atoms with van der Waals surface area (Å²) in [6.07, 6.45) is 4.80. The van der Waals surface area contributed by atoms with Gasteiger partial charge in [0.05, 0.1) is 0 Å². The van der Waals surface area contributed by atoms with E-state index in [0.29, 0.717) is 6.04 Å². The number of piperidine rings is 1. The zero-order valence-electron chi connectivity index (χ0n) is 16.0. The Morgan fingerprint density at radius 2 is 1.80 bits per heavy atom. The Kier molecular flexibility index (Phi) is 11.1. The van der Waals surface area contributed by atoms with E-state index in [4.69, 9.17) is 0 Å². The zero-order chi connectivity index (χ0) is 17.2. The molecule has 0 saturated carbocycles. The summed E-state index contributed by atoms with van der Waals surface area (Å²) in [5, 5.41) is 7.10. The number of likely N-dealkylation sites (tertiary alicyclic amines) is 1. The summed E-state index contributed by atoms with van der Waals surface area (Å²) in [5.74, 6) is 1.69. The molecular formula is C20H35IN4. The molecule has 1 aliphatic heterocycles. The Bertz CT molecular complexity index is 480. The highest BCUT2D eigenvalue weighted by molar-refractivity contribution is 14.0. The fraction of sp³-hybridized carbons (Fsp3) is 0.650. The van der Waals surface area contributed by atoms with Crippen LogP contribution in [0.5, 0.6) is 0 Å². The summed E-state index contributed by atoms with van der Waals surface area (Å²) in [6, 6.07) is 11.3. The van der Waals surface area contributed by atoms with Crippen molar-refractivity contribution in [3.63, 3.8) is 0 Å². The van der Waals surface area contributed by atoms with E-state index >= 15 is 0 Å². The molecule has 1 heterocycles. The highest BCUT2D eigenvalue weighted by Gasteiger charge is 2.20. The third kappa shape index (κ3) is 7.94. The van der Waals surface area contributed by atoms with Gasteiger partial charge in [-0.1, -0.05) is 57.0 Å². The highest BCUT2D eigenvalue weighted by Crippen LogP contribution is 2.14. The van der Waals surface area contributed by atoms with Gasteiger partial charge in [0.25, 0.3) is 0 Å². The van der Waals surface area contributed by atoms with Gasteiger partial charge in [-0.3, -0.25) is 9.89 Å². The fourth-order valence-corrected chi connectivity index (χ4v) is 3.28. The van der Waals surface area contributed by atoms with Gasteiger partial charge in [0, 0.05) is 39.3 Å². The predicted octanol–water partition coefficient (Wildman–Crippen LogP) is 3.87. The minimum Gasteiger partial charge on any atom is -0.356 e. The fourth-order valence-electron chi connectivity index (χ4n) is 3.28. The largest absolute Gasteiger partial charge is 0.356 e. The van der Waals surface area contributed by atoms with Crippen LogP contribution < -0.4 is 10.6 Å². The second-order valence-corrected chi connectivity index (χ2v) is 6.82. The Hall–Kier alpha value is -0.820. The SMILES string of the molecule is CCC(CC)CNC(=NC)NC1CCN(Cc2ccccc2)CC1.I. The molecule has 25 heavy (non-hydrogen) atoms. The molecule has 0 bridgehead atoms. The van der Waals surface area contributed by atoms with Gasteiger partial charge in [0.15, 0.2) is 5.96 Å². The second-order valence-electron chi connectivity index (χ2n) is 6.82. The van der Waals surface area contributed by atoms with Crippen LogP contribution in [-0.4, -0.2) is 43.6 Å². The number of rotatable bonds is 7. The first-order valence-corrected chi connectivity index (χ1v) is 9.48. The van der Waals surface area contributed by atoms with Crippen LogP contribution in [0, 0.1) is 5.92 Å². The molecule has 1 aliphatic rings. The van der Waals surface area contributed by atoms with Gasteiger partial charge < -0.3 is 10.6 Å². The Labute approximate surface area is 170 Å². The average Bonchev–Trinajstić information content (AvgIpc) is 2.64. The molecule has 4 nitrogen and oxygen atoms in total. The van der Waals surface area contributed by atoms with E-state index in [1.807, 2.05) is 7.05 Å². The topological polar surface area (TPSA) is 39.7 Å². The van der Waals surface area contributed by atoms with E-state index in [1.165, 1.54) is 31.2 Å². The highest BCUT2D eigenvalue weighted by atomic mass is 127. The van der Waals surface area contributed by atoms with Crippen LogP contribution in [-0.2, 0) is 6.54 Å². The molecule has 2 rings (SSSR count). The normalized spacial score (nSPS) is 16.6. The lowest BCUT2D eigenvalue weighted by Gasteiger charge is -2.33. The van der Waals surface area contributed by atoms with Crippen molar-refractivity contribution in [3.8, 4) is 0 Å². The predicted molar refractivity (Wildman–Crippen MR) is 119 cm³/mol. The molecule has 0 amide bonds. The van der Waals surface area contributed by atoms with E-state index in [0.717, 1.165) is 38.1 Å². The van der Waals surface area contributed by atoms with Crippen molar-refractivity contribution >= 4 is 29.9 Å². The Balaban J connectivity index is 0.00000312. The number of aliphatic imine (C=N–C) groups is 1. The van der Waals surface area contributed by atoms with Gasteiger partial charge in [-0.05, 0) is 24.3 Å². The van der Waals surface area contributed by atoms with Crippen molar-refractivity contribution in [3.05, 3.63) is 35.9 Å². The van der Waals surface area contributed by atoms with Crippen molar-refractivity contribution in [2.45, 2.75) is 52.1 Å². The third-order valence-corrected chi connectivity index (χ3v) is 5.11. The van der Waals surface area contributed by atoms with E-state index in [9.17, 15) is 0 Å². The van der Waals surface area contributed by atoms with Gasteiger partial charge >= 0.3 is 0 Å². The Morgan fingerprint density at radius 1 is 1.16 bits per heavy atom. The van der Waals surface area contributed by atoms with Crippen molar-refractivity contribution in [1.82, 2.24) is 15.5 Å². The molecule has 0 radical (unpaired) electrons. The number of nitrogens with one attached hydrogen (secondary N) is 2. The van der Waals surface area contributed by atoms with Gasteiger partial charge in [0.1, 0.15) is 0 Å². The van der Waals surface area contributed by atoms with E-state index in [1.54, 1.807) is 0 Å². The molecule has 0 atom stereocenters. The molecule has 1 aromatic rings. The average molecular weight is 458 g/mol. The molecule has 0 spiro atoms. The Morgan fingerprint density at radius 3 is 2.36 bits per heavy atom. The molecular weight excluding hydrogens is 423 g/mol. The maximum absolute atomic E-state index is 4.39. The minimum atomic E-state index is 0. The van der Waals surface area contributed by atoms with Crippen LogP contribution in [0.1, 0.15) is 45.1 Å². The first kappa shape index (κ1) is 22.2. The lowest BCUT2D eigenvalue weighted by atomic mass is 10.0. The quantitative estimate of drug-likeness (QED) is 0.370. The van der Waals surface area contributed by atoms with Crippen LogP contribution in [0.15, 0.2) is 35.3 Å². The van der Waals surface area contributed by atoms with E-state index in [-0.39, 0.29) is 24.0 Å². The van der Waals surface area contributed by atoms with E-state index in [2.05, 4.69) is 64.7 Å². The molecule has 0 aromatic heterocycles. The van der Waals surface area contributed by atoms with Gasteiger partial charge in [0.2, 0.25) is 0 Å². The number of hydrogen-bond acceptors (Lipinski definition) is 2. The van der Waals surface area contributed by atoms with Crippen molar-refractivity contribution in [2.24, 2.45) is 10.9 Å². The number of halogens is 1. The van der Waals surface area contributed by atoms with Crippen molar-refractivity contribution < 1.29 is 0 Å². The van der Waals surface area contributed by atoms with Gasteiger partial charge in [-0.2, -0.15) is 0 Å². The number of hydrogen-bond donors (Lipinski definition) is 2. The summed E-state index contributed by atoms with van der Waals surface area (Å²) < 4.78 is 0. The van der Waals surface area contributed by atoms with Crippen molar-refractivity contribution in [1.29, 1.82) is 0 Å². The molecule has 5 heteroatoms. The maximum atomic E-state index is 4.39. The lowest BCUT2D eigenvalue weighted by Crippen LogP contribution is -2.49. The van der Waals surface area contributed by atoms with Crippen LogP contribution >= 0.6 is 24.0 Å². The molecule has 2 N–H and O–H groups in total.